The largest absolute Gasteiger partial charge is 0.495 e. The molecule has 0 spiro atoms. The fraction of sp³-hybridized carbons (Fsp3) is 0.192. The van der Waals surface area contributed by atoms with Gasteiger partial charge in [-0.2, -0.15) is 5.26 Å². The summed E-state index contributed by atoms with van der Waals surface area (Å²) in [7, 11) is 3.18. The van der Waals surface area contributed by atoms with E-state index in [0.717, 1.165) is 5.56 Å². The molecule has 0 saturated heterocycles. The van der Waals surface area contributed by atoms with Gasteiger partial charge >= 0.3 is 0 Å². The van der Waals surface area contributed by atoms with E-state index >= 15 is 0 Å². The second kappa shape index (κ2) is 11.3. The number of ether oxygens (including phenoxy) is 3. The molecule has 0 aliphatic carbocycles. The summed E-state index contributed by atoms with van der Waals surface area (Å²) >= 11 is 0. The first kappa shape index (κ1) is 23.3. The molecule has 3 aromatic rings. The van der Waals surface area contributed by atoms with E-state index in [0.29, 0.717) is 40.6 Å². The van der Waals surface area contributed by atoms with Gasteiger partial charge in [-0.05, 0) is 49.4 Å². The number of rotatable bonds is 7. The third-order valence-corrected chi connectivity index (χ3v) is 4.49. The molecule has 166 valence electrons. The molecule has 0 fully saturated rings. The van der Waals surface area contributed by atoms with Gasteiger partial charge < -0.3 is 19.5 Å². The highest BCUT2D eigenvalue weighted by Gasteiger charge is 2.12. The lowest BCUT2D eigenvalue weighted by Crippen LogP contribution is -2.19. The molecule has 0 aliphatic heterocycles. The van der Waals surface area contributed by atoms with Crippen molar-refractivity contribution < 1.29 is 19.0 Å². The van der Waals surface area contributed by atoms with Crippen LogP contribution in [0.5, 0.6) is 11.5 Å². The molecule has 0 radical (unpaired) electrons. The molecular weight excluding hydrogens is 418 g/mol. The summed E-state index contributed by atoms with van der Waals surface area (Å²) < 4.78 is 16.4. The Morgan fingerprint density at radius 1 is 1.09 bits per heavy atom. The van der Waals surface area contributed by atoms with E-state index in [2.05, 4.69) is 22.1 Å². The van der Waals surface area contributed by atoms with E-state index in [4.69, 9.17) is 19.5 Å². The van der Waals surface area contributed by atoms with Crippen LogP contribution in [0.1, 0.15) is 34.0 Å². The summed E-state index contributed by atoms with van der Waals surface area (Å²) in [5, 5.41) is 11.6. The number of anilines is 1. The number of amides is 1. The van der Waals surface area contributed by atoms with Gasteiger partial charge in [-0.1, -0.05) is 24.0 Å². The minimum atomic E-state index is -0.377. The van der Waals surface area contributed by atoms with Crippen LogP contribution in [0.15, 0.2) is 60.8 Å². The predicted molar refractivity (Wildman–Crippen MR) is 124 cm³/mol. The van der Waals surface area contributed by atoms with Gasteiger partial charge in [-0.15, -0.1) is 0 Å². The van der Waals surface area contributed by atoms with Gasteiger partial charge in [-0.25, -0.2) is 4.98 Å². The van der Waals surface area contributed by atoms with Crippen molar-refractivity contribution in [1.29, 1.82) is 5.26 Å². The van der Waals surface area contributed by atoms with Gasteiger partial charge in [0.15, 0.2) is 0 Å². The second-order valence-corrected chi connectivity index (χ2v) is 7.08. The molecule has 1 amide bonds. The molecule has 0 bridgehead atoms. The molecule has 1 atom stereocenters. The second-order valence-electron chi connectivity index (χ2n) is 7.08. The van der Waals surface area contributed by atoms with Gasteiger partial charge in [0.05, 0.1) is 24.8 Å². The first-order valence-electron chi connectivity index (χ1n) is 10.2. The standard InChI is InChI=1S/C26H23N3O4/c1-18(17-31-2)33-23-13-19(8-10-21-6-4-5-7-24(21)32-3)12-22(14-23)26(30)29-25-11-9-20(15-27)16-28-25/h4-7,9,11-14,16,18H,17H2,1-3H3,(H,28,29,30)/t18-/m0/s1. The van der Waals surface area contributed by atoms with E-state index in [-0.39, 0.29) is 12.0 Å². The lowest BCUT2D eigenvalue weighted by Gasteiger charge is -2.15. The van der Waals surface area contributed by atoms with Crippen LogP contribution >= 0.6 is 0 Å². The molecule has 33 heavy (non-hydrogen) atoms. The van der Waals surface area contributed by atoms with Crippen LogP contribution in [0.2, 0.25) is 0 Å². The zero-order valence-corrected chi connectivity index (χ0v) is 18.6. The number of aromatic nitrogens is 1. The monoisotopic (exact) mass is 441 g/mol. The highest BCUT2D eigenvalue weighted by Crippen LogP contribution is 2.21. The van der Waals surface area contributed by atoms with Crippen molar-refractivity contribution >= 4 is 11.7 Å². The highest BCUT2D eigenvalue weighted by molar-refractivity contribution is 6.04. The van der Waals surface area contributed by atoms with E-state index in [1.165, 1.54) is 6.20 Å². The molecule has 0 saturated carbocycles. The maximum absolute atomic E-state index is 12.9. The molecule has 1 N–H and O–H groups in total. The van der Waals surface area contributed by atoms with Crippen molar-refractivity contribution in [1.82, 2.24) is 4.98 Å². The number of hydrogen-bond donors (Lipinski definition) is 1. The number of nitrogens with one attached hydrogen (secondary N) is 1. The highest BCUT2D eigenvalue weighted by atomic mass is 16.5. The van der Waals surface area contributed by atoms with Crippen LogP contribution in [0.3, 0.4) is 0 Å². The number of methoxy groups -OCH3 is 2. The van der Waals surface area contributed by atoms with Gasteiger partial charge in [0.2, 0.25) is 0 Å². The third kappa shape index (κ3) is 6.57. The Morgan fingerprint density at radius 2 is 1.91 bits per heavy atom. The van der Waals surface area contributed by atoms with Crippen molar-refractivity contribution in [3.63, 3.8) is 0 Å². The molecule has 2 aromatic carbocycles. The minimum absolute atomic E-state index is 0.219. The van der Waals surface area contributed by atoms with Gasteiger partial charge in [0.25, 0.3) is 5.91 Å². The predicted octanol–water partition coefficient (Wildman–Crippen LogP) is 4.03. The summed E-state index contributed by atoms with van der Waals surface area (Å²) in [5.74, 6) is 7.28. The van der Waals surface area contributed by atoms with Crippen molar-refractivity contribution in [3.05, 3.63) is 83.0 Å². The summed E-state index contributed by atoms with van der Waals surface area (Å²) in [6.07, 6.45) is 1.18. The molecule has 3 rings (SSSR count). The van der Waals surface area contributed by atoms with Gasteiger partial charge in [0, 0.05) is 24.4 Å². The zero-order chi connectivity index (χ0) is 23.6. The van der Waals surface area contributed by atoms with Gasteiger partial charge in [-0.3, -0.25) is 4.79 Å². The van der Waals surface area contributed by atoms with E-state index in [9.17, 15) is 4.79 Å². The van der Waals surface area contributed by atoms with Crippen molar-refractivity contribution in [3.8, 4) is 29.4 Å². The van der Waals surface area contributed by atoms with Crippen molar-refractivity contribution in [2.75, 3.05) is 26.1 Å². The Bertz CT molecular complexity index is 1220. The fourth-order valence-electron chi connectivity index (χ4n) is 2.98. The maximum Gasteiger partial charge on any atom is 0.256 e. The number of carbonyl (C=O) groups is 1. The van der Waals surface area contributed by atoms with Crippen LogP contribution in [0.4, 0.5) is 5.82 Å². The number of nitrogens with zero attached hydrogens (tertiary/aromatic N) is 2. The molecule has 7 heteroatoms. The average molecular weight is 441 g/mol. The smallest absolute Gasteiger partial charge is 0.256 e. The molecule has 0 aliphatic rings. The number of hydrogen-bond acceptors (Lipinski definition) is 6. The summed E-state index contributed by atoms with van der Waals surface area (Å²) in [5.41, 5.74) is 2.09. The number of nitriles is 1. The third-order valence-electron chi connectivity index (χ3n) is 4.49. The van der Waals surface area contributed by atoms with Crippen LogP contribution in [0.25, 0.3) is 0 Å². The zero-order valence-electron chi connectivity index (χ0n) is 18.6. The quantitative estimate of drug-likeness (QED) is 0.557. The molecule has 1 heterocycles. The average Bonchev–Trinajstić information content (AvgIpc) is 2.83. The van der Waals surface area contributed by atoms with Crippen LogP contribution in [-0.4, -0.2) is 37.8 Å². The lowest BCUT2D eigenvalue weighted by molar-refractivity contribution is 0.0917. The normalized spacial score (nSPS) is 10.8. The first-order chi connectivity index (χ1) is 16.0. The Morgan fingerprint density at radius 3 is 2.61 bits per heavy atom. The SMILES string of the molecule is COC[C@H](C)Oc1cc(C#Cc2ccccc2OC)cc(C(=O)Nc2ccc(C#N)cn2)c1. The fourth-order valence-corrected chi connectivity index (χ4v) is 2.98. The summed E-state index contributed by atoms with van der Waals surface area (Å²) in [4.78, 5) is 17.0. The molecule has 0 unspecified atom stereocenters. The van der Waals surface area contributed by atoms with E-state index < -0.39 is 0 Å². The number of para-hydroxylation sites is 1. The topological polar surface area (TPSA) is 93.5 Å². The minimum Gasteiger partial charge on any atom is -0.495 e. The molecular formula is C26H23N3O4. The first-order valence-corrected chi connectivity index (χ1v) is 10.2. The summed E-state index contributed by atoms with van der Waals surface area (Å²) in [6.45, 7) is 2.27. The Hall–Kier alpha value is -4.33. The Kier molecular flexibility index (Phi) is 8.02. The number of pyridine rings is 1. The Balaban J connectivity index is 1.92. The maximum atomic E-state index is 12.9. The summed E-state index contributed by atoms with van der Waals surface area (Å²) in [6, 6.07) is 17.7. The van der Waals surface area contributed by atoms with Crippen LogP contribution < -0.4 is 14.8 Å². The van der Waals surface area contributed by atoms with Crippen LogP contribution in [-0.2, 0) is 4.74 Å². The number of carbonyl (C=O) groups excluding carboxylic acids is 1. The van der Waals surface area contributed by atoms with E-state index in [1.807, 2.05) is 37.3 Å². The lowest BCUT2D eigenvalue weighted by atomic mass is 10.1. The molecule has 1 aromatic heterocycles. The van der Waals surface area contributed by atoms with Gasteiger partial charge in [0.1, 0.15) is 29.5 Å². The van der Waals surface area contributed by atoms with E-state index in [1.54, 1.807) is 44.6 Å². The van der Waals surface area contributed by atoms with Crippen molar-refractivity contribution in [2.45, 2.75) is 13.0 Å². The Labute approximate surface area is 192 Å². The number of benzene rings is 2. The van der Waals surface area contributed by atoms with Crippen LogP contribution in [0, 0.1) is 23.2 Å². The van der Waals surface area contributed by atoms with Crippen molar-refractivity contribution in [2.24, 2.45) is 0 Å². The molecule has 7 nitrogen and oxygen atoms in total.